The number of carbonyl (C=O) groups is 1. The Morgan fingerprint density at radius 3 is 2.13 bits per heavy atom. The molecule has 4 aromatic carbocycles. The van der Waals surface area contributed by atoms with Crippen molar-refractivity contribution in [3.05, 3.63) is 108 Å². The zero-order valence-corrected chi connectivity index (χ0v) is 22.8. The second kappa shape index (κ2) is 12.4. The number of hydrogen-bond acceptors (Lipinski definition) is 6. The van der Waals surface area contributed by atoms with E-state index in [4.69, 9.17) is 14.2 Å². The molecular formula is C30H30N2O6S. The lowest BCUT2D eigenvalue weighted by Crippen LogP contribution is -2.38. The highest BCUT2D eigenvalue weighted by atomic mass is 32.2. The maximum absolute atomic E-state index is 13.9. The van der Waals surface area contributed by atoms with Crippen molar-refractivity contribution in [2.45, 2.75) is 18.4 Å². The van der Waals surface area contributed by atoms with E-state index < -0.39 is 22.5 Å². The number of aryl methyl sites for hydroxylation is 1. The first-order chi connectivity index (χ1) is 18.8. The number of benzene rings is 4. The molecule has 0 spiro atoms. The van der Waals surface area contributed by atoms with Crippen LogP contribution in [0.2, 0.25) is 0 Å². The molecule has 0 unspecified atom stereocenters. The van der Waals surface area contributed by atoms with Gasteiger partial charge in [-0.05, 0) is 78.7 Å². The van der Waals surface area contributed by atoms with E-state index in [1.165, 1.54) is 20.3 Å². The van der Waals surface area contributed by atoms with Gasteiger partial charge in [0.15, 0.2) is 0 Å². The fourth-order valence-electron chi connectivity index (χ4n) is 3.87. The zero-order valence-electron chi connectivity index (χ0n) is 22.0. The largest absolute Gasteiger partial charge is 0.497 e. The molecule has 0 fully saturated rings. The number of nitrogens with zero attached hydrogens (tertiary/aromatic N) is 1. The van der Waals surface area contributed by atoms with Crippen LogP contribution in [0.5, 0.6) is 17.2 Å². The van der Waals surface area contributed by atoms with Gasteiger partial charge in [-0.2, -0.15) is 0 Å². The lowest BCUT2D eigenvalue weighted by Gasteiger charge is -2.25. The Hall–Kier alpha value is -4.50. The van der Waals surface area contributed by atoms with Crippen LogP contribution in [0.1, 0.15) is 11.1 Å². The molecule has 0 bridgehead atoms. The van der Waals surface area contributed by atoms with Gasteiger partial charge in [0.25, 0.3) is 10.0 Å². The first kappa shape index (κ1) is 27.5. The van der Waals surface area contributed by atoms with Crippen molar-refractivity contribution in [1.29, 1.82) is 0 Å². The Morgan fingerprint density at radius 1 is 0.821 bits per heavy atom. The number of amides is 1. The first-order valence-corrected chi connectivity index (χ1v) is 13.6. The molecule has 9 heteroatoms. The van der Waals surface area contributed by atoms with Gasteiger partial charge < -0.3 is 19.5 Å². The van der Waals surface area contributed by atoms with E-state index in [0.29, 0.717) is 29.5 Å². The number of sulfonamides is 1. The van der Waals surface area contributed by atoms with Crippen molar-refractivity contribution < 1.29 is 27.4 Å². The van der Waals surface area contributed by atoms with E-state index in [0.717, 1.165) is 15.4 Å². The van der Waals surface area contributed by atoms with E-state index in [1.807, 2.05) is 30.3 Å². The van der Waals surface area contributed by atoms with E-state index >= 15 is 0 Å². The smallest absolute Gasteiger partial charge is 0.268 e. The summed E-state index contributed by atoms with van der Waals surface area (Å²) in [6.07, 6.45) is 0. The highest BCUT2D eigenvalue weighted by Crippen LogP contribution is 2.31. The summed E-state index contributed by atoms with van der Waals surface area (Å²) >= 11 is 0. The third kappa shape index (κ3) is 6.88. The van der Waals surface area contributed by atoms with Crippen molar-refractivity contribution in [3.63, 3.8) is 0 Å². The van der Waals surface area contributed by atoms with Crippen molar-refractivity contribution in [3.8, 4) is 17.2 Å². The normalized spacial score (nSPS) is 10.9. The van der Waals surface area contributed by atoms with E-state index in [9.17, 15) is 13.2 Å². The van der Waals surface area contributed by atoms with Gasteiger partial charge in [-0.1, -0.05) is 36.4 Å². The van der Waals surface area contributed by atoms with Gasteiger partial charge >= 0.3 is 0 Å². The molecule has 202 valence electrons. The molecular weight excluding hydrogens is 516 g/mol. The molecule has 0 radical (unpaired) electrons. The van der Waals surface area contributed by atoms with Crippen molar-refractivity contribution in [1.82, 2.24) is 0 Å². The van der Waals surface area contributed by atoms with Gasteiger partial charge in [0, 0.05) is 5.69 Å². The molecule has 0 aliphatic carbocycles. The second-order valence-electron chi connectivity index (χ2n) is 8.71. The van der Waals surface area contributed by atoms with Crippen molar-refractivity contribution >= 4 is 27.3 Å². The number of nitrogens with one attached hydrogen (secondary N) is 1. The summed E-state index contributed by atoms with van der Waals surface area (Å²) in [5.74, 6) is 0.874. The van der Waals surface area contributed by atoms with Crippen LogP contribution >= 0.6 is 0 Å². The predicted molar refractivity (Wildman–Crippen MR) is 151 cm³/mol. The highest BCUT2D eigenvalue weighted by Gasteiger charge is 2.30. The second-order valence-corrected chi connectivity index (χ2v) is 10.5. The van der Waals surface area contributed by atoms with Gasteiger partial charge in [0.2, 0.25) is 5.91 Å². The van der Waals surface area contributed by atoms with Crippen LogP contribution in [-0.2, 0) is 21.4 Å². The Bertz CT molecular complexity index is 1510. The monoisotopic (exact) mass is 546 g/mol. The number of carbonyl (C=O) groups excluding carboxylic acids is 1. The summed E-state index contributed by atoms with van der Waals surface area (Å²) in [4.78, 5) is 13.1. The maximum atomic E-state index is 13.9. The number of hydrogen-bond donors (Lipinski definition) is 1. The molecule has 4 rings (SSSR count). The first-order valence-electron chi connectivity index (χ1n) is 12.2. The van der Waals surface area contributed by atoms with Gasteiger partial charge in [0.1, 0.15) is 35.3 Å². The lowest BCUT2D eigenvalue weighted by molar-refractivity contribution is -0.114. The SMILES string of the molecule is COc1ccc(N(CC(=O)Nc2ccc(OCc3ccccc3)cc2)S(=O)(=O)c2cc(C)ccc2OC)cc1. The van der Waals surface area contributed by atoms with Crippen LogP contribution < -0.4 is 23.8 Å². The molecule has 0 heterocycles. The molecule has 0 aliphatic heterocycles. The minimum atomic E-state index is -4.18. The minimum Gasteiger partial charge on any atom is -0.497 e. The van der Waals surface area contributed by atoms with Crippen LogP contribution in [0, 0.1) is 6.92 Å². The fourth-order valence-corrected chi connectivity index (χ4v) is 5.54. The average Bonchev–Trinajstić information content (AvgIpc) is 2.96. The molecule has 0 saturated carbocycles. The summed E-state index contributed by atoms with van der Waals surface area (Å²) in [5.41, 5.74) is 2.59. The van der Waals surface area contributed by atoms with Crippen molar-refractivity contribution in [2.24, 2.45) is 0 Å². The van der Waals surface area contributed by atoms with Gasteiger partial charge in [-0.15, -0.1) is 0 Å². The molecule has 0 saturated heterocycles. The number of ether oxygens (including phenoxy) is 3. The van der Waals surface area contributed by atoms with Crippen LogP contribution in [-0.4, -0.2) is 35.1 Å². The van der Waals surface area contributed by atoms with Crippen LogP contribution in [0.25, 0.3) is 0 Å². The summed E-state index contributed by atoms with van der Waals surface area (Å²) < 4.78 is 45.1. The van der Waals surface area contributed by atoms with E-state index in [2.05, 4.69) is 5.32 Å². The quantitative estimate of drug-likeness (QED) is 0.270. The summed E-state index contributed by atoms with van der Waals surface area (Å²) in [6, 6.07) is 28.0. The van der Waals surface area contributed by atoms with Gasteiger partial charge in [-0.3, -0.25) is 9.10 Å². The summed E-state index contributed by atoms with van der Waals surface area (Å²) in [6.45, 7) is 1.75. The van der Waals surface area contributed by atoms with E-state index in [1.54, 1.807) is 67.6 Å². The summed E-state index contributed by atoms with van der Waals surface area (Å²) in [7, 11) is -1.26. The number of anilines is 2. The van der Waals surface area contributed by atoms with Crippen LogP contribution in [0.4, 0.5) is 11.4 Å². The zero-order chi connectivity index (χ0) is 27.8. The Labute approximate surface area is 228 Å². The van der Waals surface area contributed by atoms with Gasteiger partial charge in [-0.25, -0.2) is 8.42 Å². The molecule has 0 aromatic heterocycles. The molecule has 0 aliphatic rings. The number of rotatable bonds is 11. The molecule has 8 nitrogen and oxygen atoms in total. The van der Waals surface area contributed by atoms with Crippen LogP contribution in [0.15, 0.2) is 102 Å². The number of methoxy groups -OCH3 is 2. The third-order valence-electron chi connectivity index (χ3n) is 5.92. The maximum Gasteiger partial charge on any atom is 0.268 e. The minimum absolute atomic E-state index is 0.0338. The lowest BCUT2D eigenvalue weighted by atomic mass is 10.2. The molecule has 0 atom stereocenters. The van der Waals surface area contributed by atoms with Crippen molar-refractivity contribution in [2.75, 3.05) is 30.4 Å². The molecule has 39 heavy (non-hydrogen) atoms. The van der Waals surface area contributed by atoms with E-state index in [-0.39, 0.29) is 10.6 Å². The average molecular weight is 547 g/mol. The highest BCUT2D eigenvalue weighted by molar-refractivity contribution is 7.93. The van der Waals surface area contributed by atoms with Crippen LogP contribution in [0.3, 0.4) is 0 Å². The Morgan fingerprint density at radius 2 is 1.49 bits per heavy atom. The molecule has 1 amide bonds. The van der Waals surface area contributed by atoms with Gasteiger partial charge in [0.05, 0.1) is 19.9 Å². The Kier molecular flexibility index (Phi) is 8.73. The third-order valence-corrected chi connectivity index (χ3v) is 7.72. The standard InChI is InChI=1S/C30H30N2O6S/c1-22-9-18-28(37-3)29(19-22)39(34,35)32(25-12-16-26(36-2)17-13-25)20-30(33)31-24-10-14-27(15-11-24)38-21-23-7-5-4-6-8-23/h4-19H,20-21H2,1-3H3,(H,31,33). The predicted octanol–water partition coefficient (Wildman–Crippen LogP) is 5.43. The molecule has 1 N–H and O–H groups in total. The molecule has 4 aromatic rings. The summed E-state index contributed by atoms with van der Waals surface area (Å²) in [5, 5.41) is 2.77. The topological polar surface area (TPSA) is 94.2 Å². The Balaban J connectivity index is 1.54. The fraction of sp³-hybridized carbons (Fsp3) is 0.167.